The highest BCUT2D eigenvalue weighted by molar-refractivity contribution is 5.55. The number of rotatable bonds is 6. The van der Waals surface area contributed by atoms with Gasteiger partial charge >= 0.3 is 0 Å². The van der Waals surface area contributed by atoms with Crippen molar-refractivity contribution in [1.29, 1.82) is 0 Å². The molecule has 90 valence electrons. The van der Waals surface area contributed by atoms with Crippen LogP contribution in [0.5, 0.6) is 11.8 Å². The zero-order valence-electron chi connectivity index (χ0n) is 9.93. The summed E-state index contributed by atoms with van der Waals surface area (Å²) in [5.41, 5.74) is 6.15. The van der Waals surface area contributed by atoms with E-state index >= 15 is 0 Å². The maximum atomic E-state index is 5.80. The third-order valence-corrected chi connectivity index (χ3v) is 1.87. The molecule has 0 fully saturated rings. The van der Waals surface area contributed by atoms with Crippen molar-refractivity contribution < 1.29 is 9.47 Å². The van der Waals surface area contributed by atoms with Crippen LogP contribution in [0.1, 0.15) is 6.92 Å². The first kappa shape index (κ1) is 12.5. The SMILES string of the molecule is CCOc1ncnc(OCCN(C)C)c1N. The van der Waals surface area contributed by atoms with Crippen molar-refractivity contribution in [2.24, 2.45) is 0 Å². The summed E-state index contributed by atoms with van der Waals surface area (Å²) in [4.78, 5) is 9.90. The van der Waals surface area contributed by atoms with E-state index in [1.165, 1.54) is 6.33 Å². The normalized spacial score (nSPS) is 10.5. The summed E-state index contributed by atoms with van der Waals surface area (Å²) >= 11 is 0. The second kappa shape index (κ2) is 6.12. The third-order valence-electron chi connectivity index (χ3n) is 1.87. The summed E-state index contributed by atoms with van der Waals surface area (Å²) in [5.74, 6) is 0.748. The van der Waals surface area contributed by atoms with Gasteiger partial charge in [0.1, 0.15) is 12.9 Å². The summed E-state index contributed by atoms with van der Waals surface area (Å²) in [6.07, 6.45) is 1.38. The standard InChI is InChI=1S/C10H18N4O2/c1-4-15-9-8(11)10(13-7-12-9)16-6-5-14(2)3/h7H,4-6,11H2,1-3H3. The molecule has 0 aliphatic carbocycles. The predicted octanol–water partition coefficient (Wildman–Crippen LogP) is 0.398. The molecule has 1 rings (SSSR count). The van der Waals surface area contributed by atoms with Crippen LogP contribution in [0.25, 0.3) is 0 Å². The van der Waals surface area contributed by atoms with Crippen LogP contribution in [0, 0.1) is 0 Å². The highest BCUT2D eigenvalue weighted by Gasteiger charge is 2.09. The Morgan fingerprint density at radius 2 is 1.88 bits per heavy atom. The van der Waals surface area contributed by atoms with E-state index in [0.29, 0.717) is 30.7 Å². The molecule has 1 heterocycles. The van der Waals surface area contributed by atoms with Gasteiger partial charge in [0.15, 0.2) is 5.69 Å². The van der Waals surface area contributed by atoms with Crippen molar-refractivity contribution in [1.82, 2.24) is 14.9 Å². The summed E-state index contributed by atoms with van der Waals surface area (Å²) in [6.45, 7) is 3.71. The first-order valence-electron chi connectivity index (χ1n) is 5.16. The van der Waals surface area contributed by atoms with Crippen molar-refractivity contribution >= 4 is 5.69 Å². The molecule has 0 atom stereocenters. The lowest BCUT2D eigenvalue weighted by Crippen LogP contribution is -2.20. The number of likely N-dealkylation sites (N-methyl/N-ethyl adjacent to an activating group) is 1. The van der Waals surface area contributed by atoms with Crippen molar-refractivity contribution in [2.75, 3.05) is 39.6 Å². The van der Waals surface area contributed by atoms with E-state index in [4.69, 9.17) is 15.2 Å². The largest absolute Gasteiger partial charge is 0.476 e. The molecule has 0 saturated heterocycles. The lowest BCUT2D eigenvalue weighted by molar-refractivity contribution is 0.252. The molecule has 0 unspecified atom stereocenters. The Hall–Kier alpha value is -1.56. The minimum absolute atomic E-state index is 0.350. The minimum Gasteiger partial charge on any atom is -0.476 e. The fraction of sp³-hybridized carbons (Fsp3) is 0.600. The van der Waals surface area contributed by atoms with Crippen LogP contribution in [0.15, 0.2) is 6.33 Å². The molecule has 0 aliphatic rings. The molecule has 1 aromatic rings. The number of anilines is 1. The molecule has 2 N–H and O–H groups in total. The molecule has 6 heteroatoms. The number of nitrogens with two attached hydrogens (primary N) is 1. The average Bonchev–Trinajstić information content (AvgIpc) is 2.23. The number of nitrogens with zero attached hydrogens (tertiary/aromatic N) is 3. The summed E-state index contributed by atoms with van der Waals surface area (Å²) in [7, 11) is 3.94. The molecule has 0 amide bonds. The predicted molar refractivity (Wildman–Crippen MR) is 61.7 cm³/mol. The molecule has 1 aromatic heterocycles. The van der Waals surface area contributed by atoms with Gasteiger partial charge in [-0.1, -0.05) is 0 Å². The van der Waals surface area contributed by atoms with Crippen molar-refractivity contribution in [3.8, 4) is 11.8 Å². The van der Waals surface area contributed by atoms with Crippen LogP contribution in [-0.4, -0.2) is 48.7 Å². The number of nitrogen functional groups attached to an aromatic ring is 1. The monoisotopic (exact) mass is 226 g/mol. The first-order valence-corrected chi connectivity index (χ1v) is 5.16. The first-order chi connectivity index (χ1) is 7.65. The molecule has 0 spiro atoms. The molecule has 0 radical (unpaired) electrons. The highest BCUT2D eigenvalue weighted by atomic mass is 16.5. The van der Waals surface area contributed by atoms with Crippen LogP contribution < -0.4 is 15.2 Å². The Balaban J connectivity index is 2.62. The highest BCUT2D eigenvalue weighted by Crippen LogP contribution is 2.26. The van der Waals surface area contributed by atoms with E-state index in [9.17, 15) is 0 Å². The second-order valence-electron chi connectivity index (χ2n) is 3.48. The minimum atomic E-state index is 0.350. The number of aromatic nitrogens is 2. The topological polar surface area (TPSA) is 73.5 Å². The third kappa shape index (κ3) is 3.54. The van der Waals surface area contributed by atoms with Gasteiger partial charge in [-0.25, -0.2) is 0 Å². The smallest absolute Gasteiger partial charge is 0.244 e. The quantitative estimate of drug-likeness (QED) is 0.756. The van der Waals surface area contributed by atoms with Crippen molar-refractivity contribution in [3.05, 3.63) is 6.33 Å². The van der Waals surface area contributed by atoms with Gasteiger partial charge in [0.25, 0.3) is 0 Å². The lowest BCUT2D eigenvalue weighted by Gasteiger charge is -2.12. The molecule has 0 aliphatic heterocycles. The van der Waals surface area contributed by atoms with E-state index in [-0.39, 0.29) is 0 Å². The van der Waals surface area contributed by atoms with E-state index in [2.05, 4.69) is 9.97 Å². The second-order valence-corrected chi connectivity index (χ2v) is 3.48. The van der Waals surface area contributed by atoms with Gasteiger partial charge in [0, 0.05) is 6.54 Å². The summed E-state index contributed by atoms with van der Waals surface area (Å²) in [6, 6.07) is 0. The van der Waals surface area contributed by atoms with Gasteiger partial charge in [-0.2, -0.15) is 9.97 Å². The van der Waals surface area contributed by atoms with E-state index in [1.54, 1.807) is 0 Å². The van der Waals surface area contributed by atoms with Gasteiger partial charge < -0.3 is 20.1 Å². The van der Waals surface area contributed by atoms with Crippen molar-refractivity contribution in [2.45, 2.75) is 6.92 Å². The van der Waals surface area contributed by atoms with Crippen LogP contribution in [0.2, 0.25) is 0 Å². The maximum absolute atomic E-state index is 5.80. The van der Waals surface area contributed by atoms with E-state index in [1.807, 2.05) is 25.9 Å². The molecular weight excluding hydrogens is 208 g/mol. The Labute approximate surface area is 95.4 Å². The zero-order chi connectivity index (χ0) is 12.0. The summed E-state index contributed by atoms with van der Waals surface area (Å²) in [5, 5.41) is 0. The van der Waals surface area contributed by atoms with E-state index in [0.717, 1.165) is 6.54 Å². The molecule has 0 saturated carbocycles. The average molecular weight is 226 g/mol. The maximum Gasteiger partial charge on any atom is 0.244 e. The van der Waals surface area contributed by atoms with Gasteiger partial charge in [0.2, 0.25) is 11.8 Å². The number of hydrogen-bond acceptors (Lipinski definition) is 6. The molecule has 0 aromatic carbocycles. The van der Waals surface area contributed by atoms with Gasteiger partial charge in [-0.05, 0) is 21.0 Å². The lowest BCUT2D eigenvalue weighted by atomic mass is 10.5. The van der Waals surface area contributed by atoms with Crippen LogP contribution in [-0.2, 0) is 0 Å². The van der Waals surface area contributed by atoms with Crippen LogP contribution in [0.3, 0.4) is 0 Å². The Morgan fingerprint density at radius 1 is 1.25 bits per heavy atom. The molecule has 16 heavy (non-hydrogen) atoms. The number of hydrogen-bond donors (Lipinski definition) is 1. The Bertz CT molecular complexity index is 331. The molecular formula is C10H18N4O2. The Kier molecular flexibility index (Phi) is 4.78. The molecule has 0 bridgehead atoms. The van der Waals surface area contributed by atoms with Crippen molar-refractivity contribution in [3.63, 3.8) is 0 Å². The molecule has 6 nitrogen and oxygen atoms in total. The fourth-order valence-electron chi connectivity index (χ4n) is 1.06. The van der Waals surface area contributed by atoms with Gasteiger partial charge in [-0.3, -0.25) is 0 Å². The number of ether oxygens (including phenoxy) is 2. The summed E-state index contributed by atoms with van der Waals surface area (Å²) < 4.78 is 10.7. The zero-order valence-corrected chi connectivity index (χ0v) is 9.93. The Morgan fingerprint density at radius 3 is 2.44 bits per heavy atom. The van der Waals surface area contributed by atoms with E-state index < -0.39 is 0 Å². The van der Waals surface area contributed by atoms with Gasteiger partial charge in [0.05, 0.1) is 6.61 Å². The van der Waals surface area contributed by atoms with Crippen LogP contribution in [0.4, 0.5) is 5.69 Å². The fourth-order valence-corrected chi connectivity index (χ4v) is 1.06. The van der Waals surface area contributed by atoms with Crippen LogP contribution >= 0.6 is 0 Å². The van der Waals surface area contributed by atoms with Gasteiger partial charge in [-0.15, -0.1) is 0 Å².